The molecular formula is C8H6BrClFNO. The summed E-state index contributed by atoms with van der Waals surface area (Å²) in [6.07, 6.45) is 0. The molecule has 0 aromatic heterocycles. The van der Waals surface area contributed by atoms with E-state index in [0.29, 0.717) is 10.0 Å². The highest BCUT2D eigenvalue weighted by Gasteiger charge is 2.15. The minimum atomic E-state index is -0.984. The first kappa shape index (κ1) is 10.5. The van der Waals surface area contributed by atoms with Crippen LogP contribution in [-0.4, -0.2) is 5.91 Å². The number of benzene rings is 1. The quantitative estimate of drug-likeness (QED) is 0.821. The number of halogens is 3. The highest BCUT2D eigenvalue weighted by molar-refractivity contribution is 9.10. The smallest absolute Gasteiger partial charge is 0.240 e. The molecule has 0 aliphatic heterocycles. The van der Waals surface area contributed by atoms with Crippen LogP contribution in [0.2, 0.25) is 0 Å². The summed E-state index contributed by atoms with van der Waals surface area (Å²) in [5.74, 6) is -1.16. The first-order valence-electron chi connectivity index (χ1n) is 3.40. The summed E-state index contributed by atoms with van der Waals surface area (Å²) < 4.78 is 13.3. The highest BCUT2D eigenvalue weighted by atomic mass is 79.9. The molecule has 0 heterocycles. The second-order valence-corrected chi connectivity index (χ2v) is 3.73. The Balaban J connectivity index is 3.03. The topological polar surface area (TPSA) is 43.1 Å². The van der Waals surface area contributed by atoms with E-state index in [1.54, 1.807) is 0 Å². The van der Waals surface area contributed by atoms with Gasteiger partial charge < -0.3 is 5.73 Å². The zero-order valence-corrected chi connectivity index (χ0v) is 8.77. The number of primary amides is 1. The number of rotatable bonds is 2. The first-order chi connectivity index (χ1) is 6.02. The van der Waals surface area contributed by atoms with Gasteiger partial charge >= 0.3 is 0 Å². The van der Waals surface area contributed by atoms with Gasteiger partial charge in [-0.1, -0.05) is 6.07 Å². The van der Waals surface area contributed by atoms with Crippen LogP contribution in [0.25, 0.3) is 0 Å². The summed E-state index contributed by atoms with van der Waals surface area (Å²) in [5.41, 5.74) is 5.31. The van der Waals surface area contributed by atoms with E-state index in [1.165, 1.54) is 18.2 Å². The van der Waals surface area contributed by atoms with E-state index in [2.05, 4.69) is 15.9 Å². The zero-order valence-electron chi connectivity index (χ0n) is 6.43. The van der Waals surface area contributed by atoms with Crippen LogP contribution >= 0.6 is 27.5 Å². The minimum Gasteiger partial charge on any atom is -0.368 e. The average Bonchev–Trinajstić information content (AvgIpc) is 2.08. The Morgan fingerprint density at radius 3 is 2.69 bits per heavy atom. The van der Waals surface area contributed by atoms with E-state index in [9.17, 15) is 9.18 Å². The molecule has 1 aromatic carbocycles. The van der Waals surface area contributed by atoms with Crippen LogP contribution in [0, 0.1) is 5.82 Å². The Morgan fingerprint density at radius 2 is 2.23 bits per heavy atom. The molecule has 0 bridgehead atoms. The summed E-state index contributed by atoms with van der Waals surface area (Å²) in [5, 5.41) is -0.984. The third kappa shape index (κ3) is 2.42. The van der Waals surface area contributed by atoms with Crippen LogP contribution in [0.5, 0.6) is 0 Å². The van der Waals surface area contributed by atoms with E-state index < -0.39 is 17.1 Å². The van der Waals surface area contributed by atoms with Gasteiger partial charge in [-0.05, 0) is 33.6 Å². The first-order valence-corrected chi connectivity index (χ1v) is 4.63. The number of hydrogen-bond donors (Lipinski definition) is 1. The van der Waals surface area contributed by atoms with Crippen LogP contribution < -0.4 is 5.73 Å². The van der Waals surface area contributed by atoms with Crippen molar-refractivity contribution in [3.63, 3.8) is 0 Å². The third-order valence-corrected chi connectivity index (χ3v) is 2.60. The van der Waals surface area contributed by atoms with Crippen molar-refractivity contribution >= 4 is 33.4 Å². The second-order valence-electron chi connectivity index (χ2n) is 2.44. The average molecular weight is 266 g/mol. The maximum Gasteiger partial charge on any atom is 0.240 e. The maximum atomic E-state index is 12.9. The van der Waals surface area contributed by atoms with Gasteiger partial charge in [0.15, 0.2) is 0 Å². The second kappa shape index (κ2) is 4.07. The van der Waals surface area contributed by atoms with Crippen molar-refractivity contribution in [2.24, 2.45) is 5.73 Å². The van der Waals surface area contributed by atoms with Crippen molar-refractivity contribution in [1.29, 1.82) is 0 Å². The summed E-state index contributed by atoms with van der Waals surface area (Å²) in [6.45, 7) is 0. The Kier molecular flexibility index (Phi) is 3.27. The molecule has 1 amide bonds. The molecule has 0 radical (unpaired) electrons. The molecule has 5 heteroatoms. The van der Waals surface area contributed by atoms with Crippen LogP contribution in [0.4, 0.5) is 4.39 Å². The van der Waals surface area contributed by atoms with E-state index >= 15 is 0 Å². The number of alkyl halides is 1. The van der Waals surface area contributed by atoms with Crippen molar-refractivity contribution < 1.29 is 9.18 Å². The number of hydrogen-bond acceptors (Lipinski definition) is 1. The number of carbonyl (C=O) groups is 1. The lowest BCUT2D eigenvalue weighted by atomic mass is 10.1. The Labute approximate surface area is 88.0 Å². The fourth-order valence-corrected chi connectivity index (χ4v) is 1.22. The molecular weight excluding hydrogens is 260 g/mol. The fourth-order valence-electron chi connectivity index (χ4n) is 0.834. The molecule has 0 saturated heterocycles. The number of nitrogens with two attached hydrogens (primary N) is 1. The van der Waals surface area contributed by atoms with Gasteiger partial charge in [0, 0.05) is 0 Å². The van der Waals surface area contributed by atoms with Crippen LogP contribution in [0.3, 0.4) is 0 Å². The molecule has 13 heavy (non-hydrogen) atoms. The van der Waals surface area contributed by atoms with Gasteiger partial charge in [-0.3, -0.25) is 4.79 Å². The highest BCUT2D eigenvalue weighted by Crippen LogP contribution is 2.24. The van der Waals surface area contributed by atoms with Crippen molar-refractivity contribution in [3.8, 4) is 0 Å². The largest absolute Gasteiger partial charge is 0.368 e. The third-order valence-electron chi connectivity index (χ3n) is 1.49. The van der Waals surface area contributed by atoms with Gasteiger partial charge in [0.2, 0.25) is 5.91 Å². The molecule has 2 N–H and O–H groups in total. The van der Waals surface area contributed by atoms with E-state index in [0.717, 1.165) is 0 Å². The number of amides is 1. The summed E-state index contributed by atoms with van der Waals surface area (Å²) in [4.78, 5) is 10.7. The molecule has 0 aliphatic carbocycles. The Bertz CT molecular complexity index is 345. The molecule has 1 rings (SSSR count). The van der Waals surface area contributed by atoms with Gasteiger partial charge in [-0.2, -0.15) is 0 Å². The van der Waals surface area contributed by atoms with Crippen molar-refractivity contribution in [1.82, 2.24) is 0 Å². The lowest BCUT2D eigenvalue weighted by Crippen LogP contribution is -2.17. The van der Waals surface area contributed by atoms with E-state index in [-0.39, 0.29) is 0 Å². The zero-order chi connectivity index (χ0) is 10.0. The minimum absolute atomic E-state index is 0.324. The molecule has 2 nitrogen and oxygen atoms in total. The van der Waals surface area contributed by atoms with Crippen LogP contribution in [0.1, 0.15) is 10.9 Å². The lowest BCUT2D eigenvalue weighted by molar-refractivity contribution is -0.117. The van der Waals surface area contributed by atoms with E-state index in [4.69, 9.17) is 17.3 Å². The Hall–Kier alpha value is -0.610. The van der Waals surface area contributed by atoms with Gasteiger partial charge in [0.05, 0.1) is 4.47 Å². The maximum absolute atomic E-state index is 12.9. The van der Waals surface area contributed by atoms with Gasteiger partial charge in [0.25, 0.3) is 0 Å². The Morgan fingerprint density at radius 1 is 1.62 bits per heavy atom. The molecule has 1 aromatic rings. The molecule has 0 fully saturated rings. The van der Waals surface area contributed by atoms with Gasteiger partial charge in [-0.25, -0.2) is 4.39 Å². The van der Waals surface area contributed by atoms with Gasteiger partial charge in [0.1, 0.15) is 11.2 Å². The predicted octanol–water partition coefficient (Wildman–Crippen LogP) is 2.35. The fraction of sp³-hybridized carbons (Fsp3) is 0.125. The SMILES string of the molecule is NC(=O)C(Cl)c1ccc(Br)c(F)c1. The molecule has 70 valence electrons. The summed E-state index contributed by atoms with van der Waals surface area (Å²) in [7, 11) is 0. The summed E-state index contributed by atoms with van der Waals surface area (Å²) >= 11 is 8.59. The summed E-state index contributed by atoms with van der Waals surface area (Å²) in [6, 6.07) is 4.19. The standard InChI is InChI=1S/C8H6BrClFNO/c9-5-2-1-4(3-6(5)11)7(10)8(12)13/h1-3,7H,(H2,12,13). The normalized spacial score (nSPS) is 12.5. The van der Waals surface area contributed by atoms with Crippen molar-refractivity contribution in [2.75, 3.05) is 0 Å². The molecule has 0 saturated carbocycles. The van der Waals surface area contributed by atoms with Crippen LogP contribution in [0.15, 0.2) is 22.7 Å². The van der Waals surface area contributed by atoms with Gasteiger partial charge in [-0.15, -0.1) is 11.6 Å². The van der Waals surface area contributed by atoms with Crippen molar-refractivity contribution in [3.05, 3.63) is 34.1 Å². The predicted molar refractivity (Wildman–Crippen MR) is 51.9 cm³/mol. The van der Waals surface area contributed by atoms with E-state index in [1.807, 2.05) is 0 Å². The molecule has 0 spiro atoms. The monoisotopic (exact) mass is 265 g/mol. The molecule has 1 atom stereocenters. The number of carbonyl (C=O) groups excluding carboxylic acids is 1. The molecule has 0 aliphatic rings. The molecule has 1 unspecified atom stereocenters. The lowest BCUT2D eigenvalue weighted by Gasteiger charge is -2.05. The van der Waals surface area contributed by atoms with Crippen molar-refractivity contribution in [2.45, 2.75) is 5.38 Å². The van der Waals surface area contributed by atoms with Crippen LogP contribution in [-0.2, 0) is 4.79 Å².